The number of hydrogen-bond acceptors (Lipinski definition) is 8. The monoisotopic (exact) mass is 510 g/mol. The van der Waals surface area contributed by atoms with Crippen LogP contribution in [0.3, 0.4) is 0 Å². The Bertz CT molecular complexity index is 1250. The third-order valence-corrected chi connectivity index (χ3v) is 7.40. The first-order valence-electron chi connectivity index (χ1n) is 12.3. The molecule has 5 rings (SSSR count). The third kappa shape index (κ3) is 6.28. The highest BCUT2D eigenvalue weighted by molar-refractivity contribution is 7.21. The molecule has 1 atom stereocenters. The number of amides is 1. The summed E-state index contributed by atoms with van der Waals surface area (Å²) in [5.41, 5.74) is 2.58. The minimum Gasteiger partial charge on any atom is -0.382 e. The van der Waals surface area contributed by atoms with Crippen LogP contribution in [0.25, 0.3) is 15.3 Å². The fourth-order valence-corrected chi connectivity index (χ4v) is 5.18. The van der Waals surface area contributed by atoms with E-state index in [4.69, 9.17) is 0 Å². The maximum absolute atomic E-state index is 12.7. The average molecular weight is 511 g/mol. The molecular weight excluding hydrogens is 476 g/mol. The van der Waals surface area contributed by atoms with Gasteiger partial charge in [0.05, 0.1) is 28.9 Å². The molecule has 0 bridgehead atoms. The molecule has 2 aliphatic heterocycles. The van der Waals surface area contributed by atoms with Crippen molar-refractivity contribution < 1.29 is 9.59 Å². The molecule has 0 spiro atoms. The highest BCUT2D eigenvalue weighted by Crippen LogP contribution is 2.30. The quantitative estimate of drug-likeness (QED) is 0.418. The van der Waals surface area contributed by atoms with Crippen LogP contribution in [0.15, 0.2) is 48.3 Å². The molecule has 3 aromatic rings. The van der Waals surface area contributed by atoms with Crippen LogP contribution in [0.4, 0.5) is 0 Å². The van der Waals surface area contributed by atoms with Crippen LogP contribution in [0.5, 0.6) is 0 Å². The predicted molar refractivity (Wildman–Crippen MR) is 142 cm³/mol. The molecule has 0 aromatic carbocycles. The number of aldehydes is 1. The maximum atomic E-state index is 12.7. The summed E-state index contributed by atoms with van der Waals surface area (Å²) < 4.78 is 3.42. The first-order chi connectivity index (χ1) is 17.5. The van der Waals surface area contributed by atoms with E-state index in [0.717, 1.165) is 28.1 Å². The predicted octanol–water partition coefficient (Wildman–Crippen LogP) is 2.18. The van der Waals surface area contributed by atoms with Crippen LogP contribution >= 0.6 is 11.3 Å². The molecule has 10 nitrogen and oxygen atoms in total. The van der Waals surface area contributed by atoms with Crippen molar-refractivity contribution in [3.63, 3.8) is 0 Å². The lowest BCUT2D eigenvalue weighted by atomic mass is 10.1. The topological polar surface area (TPSA) is 109 Å². The molecular formula is C25H34N8O2S. The van der Waals surface area contributed by atoms with Gasteiger partial charge in [0, 0.05) is 55.6 Å². The number of aromatic nitrogens is 4. The number of nitrogens with zero attached hydrogens (tertiary/aromatic N) is 5. The summed E-state index contributed by atoms with van der Waals surface area (Å²) in [6.45, 7) is 6.92. The fourth-order valence-electron chi connectivity index (χ4n) is 4.14. The van der Waals surface area contributed by atoms with Crippen molar-refractivity contribution in [1.29, 1.82) is 0 Å². The van der Waals surface area contributed by atoms with E-state index in [-0.39, 0.29) is 11.9 Å². The summed E-state index contributed by atoms with van der Waals surface area (Å²) in [6.07, 6.45) is 15.4. The van der Waals surface area contributed by atoms with Gasteiger partial charge in [-0.1, -0.05) is 6.42 Å². The van der Waals surface area contributed by atoms with Gasteiger partial charge in [0.2, 0.25) is 0 Å². The molecule has 3 N–H and O–H groups in total. The smallest absolute Gasteiger partial charge is 0.260 e. The summed E-state index contributed by atoms with van der Waals surface area (Å²) in [7, 11) is 3.88. The molecule has 1 amide bonds. The number of nitrogens with one attached hydrogen (secondary N) is 3. The van der Waals surface area contributed by atoms with Crippen LogP contribution in [-0.2, 0) is 11.8 Å². The zero-order valence-electron chi connectivity index (χ0n) is 21.0. The van der Waals surface area contributed by atoms with E-state index in [2.05, 4.69) is 31.0 Å². The molecule has 0 radical (unpaired) electrons. The van der Waals surface area contributed by atoms with E-state index < -0.39 is 0 Å². The van der Waals surface area contributed by atoms with Gasteiger partial charge in [-0.25, -0.2) is 4.52 Å². The second-order valence-electron chi connectivity index (χ2n) is 9.02. The number of thiazole rings is 1. The Labute approximate surface area is 215 Å². The van der Waals surface area contributed by atoms with Crippen LogP contribution in [0.2, 0.25) is 0 Å². The Morgan fingerprint density at radius 1 is 1.22 bits per heavy atom. The lowest BCUT2D eigenvalue weighted by Crippen LogP contribution is -2.36. The Hall–Kier alpha value is -3.28. The number of fused-ring (bicyclic) bond motifs is 1. The van der Waals surface area contributed by atoms with Crippen molar-refractivity contribution in [2.24, 2.45) is 7.05 Å². The van der Waals surface area contributed by atoms with Crippen molar-refractivity contribution in [2.45, 2.75) is 32.2 Å². The zero-order chi connectivity index (χ0) is 25.5. The number of dihydropyridines is 1. The molecule has 0 saturated carbocycles. The van der Waals surface area contributed by atoms with Gasteiger partial charge < -0.3 is 20.9 Å². The maximum Gasteiger partial charge on any atom is 0.260 e. The van der Waals surface area contributed by atoms with E-state index in [1.807, 2.05) is 33.4 Å². The summed E-state index contributed by atoms with van der Waals surface area (Å²) in [5, 5.41) is 17.5. The summed E-state index contributed by atoms with van der Waals surface area (Å²) in [4.78, 5) is 28.0. The SMILES string of the molecule is CC1NC=C(C=O)C=C1NC(=O)c1cnn2cc(-c3cnn(C)c3)sc12.CNCCN1CCCCC1. The van der Waals surface area contributed by atoms with E-state index in [9.17, 15) is 9.59 Å². The summed E-state index contributed by atoms with van der Waals surface area (Å²) >= 11 is 1.48. The van der Waals surface area contributed by atoms with Gasteiger partial charge in [0.1, 0.15) is 4.83 Å². The van der Waals surface area contributed by atoms with Gasteiger partial charge in [0.25, 0.3) is 5.91 Å². The highest BCUT2D eigenvalue weighted by atomic mass is 32.1. The Balaban J connectivity index is 0.000000256. The van der Waals surface area contributed by atoms with Gasteiger partial charge in [-0.2, -0.15) is 10.2 Å². The number of hydrogen-bond donors (Lipinski definition) is 3. The van der Waals surface area contributed by atoms with E-state index in [1.54, 1.807) is 33.9 Å². The third-order valence-electron chi connectivity index (χ3n) is 6.24. The molecule has 3 aromatic heterocycles. The second kappa shape index (κ2) is 12.1. The highest BCUT2D eigenvalue weighted by Gasteiger charge is 2.20. The van der Waals surface area contributed by atoms with Gasteiger partial charge >= 0.3 is 0 Å². The lowest BCUT2D eigenvalue weighted by molar-refractivity contribution is -0.104. The molecule has 36 heavy (non-hydrogen) atoms. The largest absolute Gasteiger partial charge is 0.382 e. The van der Waals surface area contributed by atoms with Crippen molar-refractivity contribution >= 4 is 28.4 Å². The van der Waals surface area contributed by atoms with E-state index in [1.165, 1.54) is 50.2 Å². The first-order valence-corrected chi connectivity index (χ1v) is 13.1. The minimum atomic E-state index is -0.258. The van der Waals surface area contributed by atoms with Crippen LogP contribution in [0.1, 0.15) is 36.5 Å². The number of carbonyl (C=O) groups is 2. The van der Waals surface area contributed by atoms with Crippen LogP contribution in [-0.4, -0.2) is 75.8 Å². The minimum absolute atomic E-state index is 0.0944. The van der Waals surface area contributed by atoms with Crippen LogP contribution in [0, 0.1) is 0 Å². The average Bonchev–Trinajstić information content (AvgIpc) is 3.61. The van der Waals surface area contributed by atoms with Gasteiger partial charge in [-0.3, -0.25) is 14.3 Å². The van der Waals surface area contributed by atoms with E-state index in [0.29, 0.717) is 16.8 Å². The zero-order valence-corrected chi connectivity index (χ0v) is 21.8. The number of carbonyl (C=O) groups excluding carboxylic acids is 2. The van der Waals surface area contributed by atoms with Crippen LogP contribution < -0.4 is 16.0 Å². The normalized spacial score (nSPS) is 18.0. The van der Waals surface area contributed by atoms with Gasteiger partial charge in [-0.05, 0) is 46.0 Å². The summed E-state index contributed by atoms with van der Waals surface area (Å²) in [6, 6.07) is -0.0944. The van der Waals surface area contributed by atoms with Crippen molar-refractivity contribution in [2.75, 3.05) is 33.2 Å². The Morgan fingerprint density at radius 2 is 2.03 bits per heavy atom. The van der Waals surface area contributed by atoms with E-state index >= 15 is 0 Å². The number of likely N-dealkylation sites (tertiary alicyclic amines) is 1. The molecule has 1 saturated heterocycles. The number of aryl methyl sites for hydroxylation is 1. The molecule has 192 valence electrons. The van der Waals surface area contributed by atoms with Crippen molar-refractivity contribution in [3.05, 3.63) is 53.9 Å². The fraction of sp³-hybridized carbons (Fsp3) is 0.440. The van der Waals surface area contributed by atoms with Gasteiger partial charge in [-0.15, -0.1) is 11.3 Å². The molecule has 2 aliphatic rings. The first kappa shape index (κ1) is 25.8. The Morgan fingerprint density at radius 3 is 2.72 bits per heavy atom. The second-order valence-corrected chi connectivity index (χ2v) is 10.0. The molecule has 0 aliphatic carbocycles. The standard InChI is InChI=1S/C17H16N6O2S.C8H18N2/c1-10-14(3-11(9-24)4-18-10)21-16(25)13-6-20-23-8-15(26-17(13)23)12-5-19-22(2)7-12;1-9-5-8-10-6-3-2-4-7-10/h3-10,18H,1-2H3,(H,21,25);9H,2-8H2,1H3. The van der Waals surface area contributed by atoms with Crippen molar-refractivity contribution in [3.8, 4) is 10.4 Å². The molecule has 11 heteroatoms. The summed E-state index contributed by atoms with van der Waals surface area (Å²) in [5.74, 6) is -0.258. The molecule has 5 heterocycles. The number of allylic oxidation sites excluding steroid dienone is 2. The molecule has 1 unspecified atom stereocenters. The van der Waals surface area contributed by atoms with Crippen molar-refractivity contribution in [1.82, 2.24) is 40.2 Å². The number of piperidine rings is 1. The Kier molecular flexibility index (Phi) is 8.68. The number of likely N-dealkylation sites (N-methyl/N-ethyl adjacent to an activating group) is 1. The molecule has 1 fully saturated rings. The lowest BCUT2D eigenvalue weighted by Gasteiger charge is -2.25. The number of rotatable bonds is 7. The van der Waals surface area contributed by atoms with Gasteiger partial charge in [0.15, 0.2) is 6.29 Å².